The van der Waals surface area contributed by atoms with E-state index < -0.39 is 0 Å². The van der Waals surface area contributed by atoms with Gasteiger partial charge in [-0.05, 0) is 57.9 Å². The number of pyridine rings is 1. The van der Waals surface area contributed by atoms with Crippen molar-refractivity contribution in [3.63, 3.8) is 0 Å². The Bertz CT molecular complexity index is 1770. The number of para-hydroxylation sites is 3. The zero-order valence-electron chi connectivity index (χ0n) is 19.9. The van der Waals surface area contributed by atoms with Crippen LogP contribution in [0.15, 0.2) is 121 Å². The Kier molecular flexibility index (Phi) is 4.32. The fourth-order valence-corrected chi connectivity index (χ4v) is 5.74. The molecule has 5 aromatic carbocycles. The van der Waals surface area contributed by atoms with E-state index in [4.69, 9.17) is 9.47 Å². The van der Waals surface area contributed by atoms with Crippen molar-refractivity contribution < 1.29 is 9.47 Å². The molecule has 172 valence electrons. The van der Waals surface area contributed by atoms with Gasteiger partial charge in [-0.1, -0.05) is 84.9 Å². The van der Waals surface area contributed by atoms with Gasteiger partial charge < -0.3 is 9.47 Å². The number of hydrogen-bond donors (Lipinski definition) is 0. The van der Waals surface area contributed by atoms with E-state index in [1.807, 2.05) is 24.4 Å². The molecule has 1 aromatic heterocycles. The van der Waals surface area contributed by atoms with Crippen LogP contribution in [0.3, 0.4) is 0 Å². The van der Waals surface area contributed by atoms with E-state index in [1.165, 1.54) is 10.9 Å². The quantitative estimate of drug-likeness (QED) is 0.276. The Morgan fingerprint density at radius 3 is 1.84 bits per heavy atom. The average molecular weight is 473 g/mol. The summed E-state index contributed by atoms with van der Waals surface area (Å²) in [5.41, 5.74) is 8.91. The highest BCUT2D eigenvalue weighted by molar-refractivity contribution is 6.98. The van der Waals surface area contributed by atoms with E-state index in [-0.39, 0.29) is 6.71 Å². The molecule has 3 heterocycles. The summed E-state index contributed by atoms with van der Waals surface area (Å²) in [6.45, 7) is 0.0928. The van der Waals surface area contributed by atoms with E-state index in [9.17, 15) is 0 Å². The van der Waals surface area contributed by atoms with E-state index in [1.54, 1.807) is 0 Å². The molecule has 0 spiro atoms. The van der Waals surface area contributed by atoms with Crippen LogP contribution in [0.4, 0.5) is 0 Å². The van der Waals surface area contributed by atoms with Crippen LogP contribution >= 0.6 is 0 Å². The number of aromatic nitrogens is 1. The SMILES string of the molecule is c1ccc2c(c1)Oc1cc(-c3ccc(-c4cccc5cccnc45)cc3)cc3c1B2c1ccccc1O3. The lowest BCUT2D eigenvalue weighted by molar-refractivity contribution is 0.465. The molecule has 0 N–H and O–H groups in total. The minimum Gasteiger partial charge on any atom is -0.458 e. The highest BCUT2D eigenvalue weighted by atomic mass is 16.5. The Morgan fingerprint density at radius 1 is 0.514 bits per heavy atom. The van der Waals surface area contributed by atoms with Crippen molar-refractivity contribution in [1.82, 2.24) is 4.98 Å². The molecule has 0 aliphatic carbocycles. The summed E-state index contributed by atoms with van der Waals surface area (Å²) in [5, 5.41) is 1.14. The normalized spacial score (nSPS) is 12.7. The van der Waals surface area contributed by atoms with E-state index in [2.05, 4.69) is 102 Å². The van der Waals surface area contributed by atoms with Crippen LogP contribution in [0.2, 0.25) is 0 Å². The molecule has 0 bridgehead atoms. The highest BCUT2D eigenvalue weighted by Gasteiger charge is 2.40. The Balaban J connectivity index is 1.25. The van der Waals surface area contributed by atoms with Crippen molar-refractivity contribution in [2.24, 2.45) is 0 Å². The van der Waals surface area contributed by atoms with E-state index in [0.717, 1.165) is 61.6 Å². The number of rotatable bonds is 2. The fraction of sp³-hybridized carbons (Fsp3) is 0. The minimum absolute atomic E-state index is 0.0928. The van der Waals surface area contributed by atoms with Gasteiger partial charge in [-0.3, -0.25) is 4.98 Å². The smallest absolute Gasteiger partial charge is 0.260 e. The molecular weight excluding hydrogens is 453 g/mol. The Morgan fingerprint density at radius 2 is 1.14 bits per heavy atom. The van der Waals surface area contributed by atoms with Crippen LogP contribution in [0.1, 0.15) is 0 Å². The largest absolute Gasteiger partial charge is 0.458 e. The van der Waals surface area contributed by atoms with Crippen LogP contribution < -0.4 is 25.9 Å². The number of benzene rings is 5. The molecule has 3 nitrogen and oxygen atoms in total. The molecule has 37 heavy (non-hydrogen) atoms. The molecule has 0 amide bonds. The second-order valence-electron chi connectivity index (χ2n) is 9.56. The van der Waals surface area contributed by atoms with Crippen molar-refractivity contribution >= 4 is 34.0 Å². The highest BCUT2D eigenvalue weighted by Crippen LogP contribution is 2.38. The minimum atomic E-state index is 0.0928. The summed E-state index contributed by atoms with van der Waals surface area (Å²) in [5.74, 6) is 3.51. The third kappa shape index (κ3) is 3.12. The fourth-order valence-electron chi connectivity index (χ4n) is 5.74. The van der Waals surface area contributed by atoms with Gasteiger partial charge in [0.25, 0.3) is 6.71 Å². The van der Waals surface area contributed by atoms with Gasteiger partial charge in [0.15, 0.2) is 0 Å². The summed E-state index contributed by atoms with van der Waals surface area (Å²) >= 11 is 0. The van der Waals surface area contributed by atoms with Crippen molar-refractivity contribution in [2.75, 3.05) is 0 Å². The first-order chi connectivity index (χ1) is 18.3. The maximum absolute atomic E-state index is 6.45. The zero-order valence-corrected chi connectivity index (χ0v) is 19.9. The summed E-state index contributed by atoms with van der Waals surface area (Å²) in [6, 6.07) is 40.0. The molecule has 6 aromatic rings. The van der Waals surface area contributed by atoms with Gasteiger partial charge in [-0.2, -0.15) is 0 Å². The maximum Gasteiger partial charge on any atom is 0.260 e. The van der Waals surface area contributed by atoms with Crippen molar-refractivity contribution in [1.29, 1.82) is 0 Å². The molecule has 0 fully saturated rings. The number of fused-ring (bicyclic) bond motifs is 5. The van der Waals surface area contributed by atoms with Crippen LogP contribution in [0.25, 0.3) is 33.2 Å². The lowest BCUT2D eigenvalue weighted by atomic mass is 9.35. The summed E-state index contributed by atoms with van der Waals surface area (Å²) in [4.78, 5) is 4.63. The van der Waals surface area contributed by atoms with Gasteiger partial charge in [0, 0.05) is 22.6 Å². The number of ether oxygens (including phenoxy) is 2. The van der Waals surface area contributed by atoms with Crippen LogP contribution in [-0.2, 0) is 0 Å². The molecule has 2 aliphatic heterocycles. The molecular formula is C33H20BNO2. The second-order valence-corrected chi connectivity index (χ2v) is 9.56. The Labute approximate surface area is 215 Å². The van der Waals surface area contributed by atoms with Crippen LogP contribution in [0, 0.1) is 0 Å². The predicted molar refractivity (Wildman–Crippen MR) is 150 cm³/mol. The third-order valence-corrected chi connectivity index (χ3v) is 7.45. The molecule has 2 aliphatic rings. The van der Waals surface area contributed by atoms with Gasteiger partial charge >= 0.3 is 0 Å². The van der Waals surface area contributed by atoms with Crippen LogP contribution in [-0.4, -0.2) is 11.7 Å². The average Bonchev–Trinajstić information content (AvgIpc) is 2.96. The maximum atomic E-state index is 6.45. The van der Waals surface area contributed by atoms with Crippen molar-refractivity contribution in [3.8, 4) is 45.3 Å². The van der Waals surface area contributed by atoms with Gasteiger partial charge in [0.2, 0.25) is 0 Å². The Hall–Kier alpha value is -4.83. The lowest BCUT2D eigenvalue weighted by Gasteiger charge is -2.33. The first kappa shape index (κ1) is 20.4. The zero-order chi connectivity index (χ0) is 24.3. The predicted octanol–water partition coefficient (Wildman–Crippen LogP) is 6.30. The molecule has 0 unspecified atom stereocenters. The molecule has 4 heteroatoms. The van der Waals surface area contributed by atoms with Crippen LogP contribution in [0.5, 0.6) is 23.0 Å². The first-order valence-electron chi connectivity index (χ1n) is 12.5. The van der Waals surface area contributed by atoms with Crippen molar-refractivity contribution in [2.45, 2.75) is 0 Å². The summed E-state index contributed by atoms with van der Waals surface area (Å²) in [7, 11) is 0. The number of hydrogen-bond acceptors (Lipinski definition) is 3. The van der Waals surface area contributed by atoms with Gasteiger partial charge in [0.1, 0.15) is 23.0 Å². The first-order valence-corrected chi connectivity index (χ1v) is 12.5. The van der Waals surface area contributed by atoms with E-state index >= 15 is 0 Å². The molecule has 0 saturated carbocycles. The second kappa shape index (κ2) is 7.84. The summed E-state index contributed by atoms with van der Waals surface area (Å²) in [6.07, 6.45) is 1.85. The molecule has 8 rings (SSSR count). The van der Waals surface area contributed by atoms with Crippen molar-refractivity contribution in [3.05, 3.63) is 121 Å². The standard InChI is InChI=1S/C33H20BNO2/c1-3-12-28-26(10-1)34-27-11-2-4-13-29(27)37-31-20-24(19-30(36-28)32(31)34)21-14-16-22(17-15-21)25-9-5-7-23-8-6-18-35-33(23)25/h1-20H. The molecule has 0 saturated heterocycles. The topological polar surface area (TPSA) is 31.4 Å². The van der Waals surface area contributed by atoms with E-state index in [0.29, 0.717) is 0 Å². The molecule has 0 atom stereocenters. The molecule has 0 radical (unpaired) electrons. The van der Waals surface area contributed by atoms with Gasteiger partial charge in [0.05, 0.1) is 5.52 Å². The lowest BCUT2D eigenvalue weighted by Crippen LogP contribution is -2.57. The monoisotopic (exact) mass is 473 g/mol. The number of nitrogens with zero attached hydrogens (tertiary/aromatic N) is 1. The summed E-state index contributed by atoms with van der Waals surface area (Å²) < 4.78 is 12.9. The third-order valence-electron chi connectivity index (χ3n) is 7.45. The van der Waals surface area contributed by atoms with Gasteiger partial charge in [-0.25, -0.2) is 0 Å². The van der Waals surface area contributed by atoms with Gasteiger partial charge in [-0.15, -0.1) is 0 Å².